The molecule has 2 aromatic rings. The van der Waals surface area contributed by atoms with Gasteiger partial charge in [0.1, 0.15) is 5.75 Å². The standard InChI is InChI=1S/C27H35N3O5S/c1-26(2)14-21-15-27(3,17-26)18-30(21)36(33,34)23-8-6-7-19(13-23)25(32)29(4)16-24(31)28-20-9-11-22(35-5)12-10-20/h6-13,21H,14-18H2,1-5H3,(H,28,31)/t21-,27+/m0/s1. The lowest BCUT2D eigenvalue weighted by Gasteiger charge is -2.39. The molecule has 194 valence electrons. The molecule has 2 aliphatic rings. The number of hydrogen-bond acceptors (Lipinski definition) is 5. The summed E-state index contributed by atoms with van der Waals surface area (Å²) in [7, 11) is -0.680. The first-order valence-corrected chi connectivity index (χ1v) is 13.6. The lowest BCUT2D eigenvalue weighted by atomic mass is 9.65. The van der Waals surface area contributed by atoms with E-state index in [1.165, 1.54) is 24.1 Å². The van der Waals surface area contributed by atoms with Gasteiger partial charge in [-0.3, -0.25) is 9.59 Å². The fourth-order valence-corrected chi connectivity index (χ4v) is 7.82. The van der Waals surface area contributed by atoms with Gasteiger partial charge in [0.25, 0.3) is 5.91 Å². The summed E-state index contributed by atoms with van der Waals surface area (Å²) in [6.07, 6.45) is 2.68. The van der Waals surface area contributed by atoms with Crippen LogP contribution in [0.4, 0.5) is 5.69 Å². The number of fused-ring (bicyclic) bond motifs is 2. The third kappa shape index (κ3) is 5.42. The minimum atomic E-state index is -3.76. The second-order valence-corrected chi connectivity index (χ2v) is 13.1. The second kappa shape index (κ2) is 9.52. The van der Waals surface area contributed by atoms with E-state index in [1.807, 2.05) is 0 Å². The summed E-state index contributed by atoms with van der Waals surface area (Å²) in [5.41, 5.74) is 0.867. The first-order valence-electron chi connectivity index (χ1n) is 12.1. The molecule has 2 aromatic carbocycles. The number of nitrogens with one attached hydrogen (secondary N) is 1. The molecule has 9 heteroatoms. The van der Waals surface area contributed by atoms with Crippen LogP contribution in [0.3, 0.4) is 0 Å². The van der Waals surface area contributed by atoms with Crippen LogP contribution in [0, 0.1) is 10.8 Å². The van der Waals surface area contributed by atoms with Crippen LogP contribution in [-0.2, 0) is 14.8 Å². The van der Waals surface area contributed by atoms with Crippen LogP contribution in [0.1, 0.15) is 50.4 Å². The van der Waals surface area contributed by atoms with Gasteiger partial charge in [0.05, 0.1) is 18.6 Å². The van der Waals surface area contributed by atoms with Crippen molar-refractivity contribution in [2.75, 3.05) is 32.6 Å². The Morgan fingerprint density at radius 2 is 1.81 bits per heavy atom. The van der Waals surface area contributed by atoms with E-state index >= 15 is 0 Å². The largest absolute Gasteiger partial charge is 0.497 e. The maximum Gasteiger partial charge on any atom is 0.254 e. The van der Waals surface area contributed by atoms with Crippen LogP contribution in [0.2, 0.25) is 0 Å². The van der Waals surface area contributed by atoms with Gasteiger partial charge in [-0.25, -0.2) is 8.42 Å². The van der Waals surface area contributed by atoms with Gasteiger partial charge in [0.15, 0.2) is 0 Å². The highest BCUT2D eigenvalue weighted by Gasteiger charge is 2.53. The van der Waals surface area contributed by atoms with E-state index < -0.39 is 15.9 Å². The van der Waals surface area contributed by atoms with Crippen molar-refractivity contribution in [3.05, 3.63) is 54.1 Å². The van der Waals surface area contributed by atoms with Gasteiger partial charge in [0, 0.05) is 30.9 Å². The fourth-order valence-electron chi connectivity index (χ4n) is 6.00. The van der Waals surface area contributed by atoms with E-state index in [-0.39, 0.29) is 39.8 Å². The van der Waals surface area contributed by atoms with Gasteiger partial charge < -0.3 is 15.0 Å². The number of nitrogens with zero attached hydrogens (tertiary/aromatic N) is 2. The quantitative estimate of drug-likeness (QED) is 0.604. The van der Waals surface area contributed by atoms with Crippen LogP contribution in [-0.4, -0.2) is 62.7 Å². The first-order chi connectivity index (χ1) is 16.8. The maximum absolute atomic E-state index is 13.6. The SMILES string of the molecule is COc1ccc(NC(=O)CN(C)C(=O)c2cccc(S(=O)(=O)N3C[C@]4(C)C[C@@H]3CC(C)(C)C4)c2)cc1. The van der Waals surface area contributed by atoms with E-state index in [0.29, 0.717) is 18.0 Å². The molecule has 1 saturated carbocycles. The van der Waals surface area contributed by atoms with Crippen LogP contribution in [0.15, 0.2) is 53.4 Å². The zero-order chi connectivity index (χ0) is 26.3. The molecule has 8 nitrogen and oxygen atoms in total. The molecule has 0 aromatic heterocycles. The average molecular weight is 514 g/mol. The Morgan fingerprint density at radius 3 is 2.47 bits per heavy atom. The van der Waals surface area contributed by atoms with Crippen LogP contribution < -0.4 is 10.1 Å². The number of benzene rings is 2. The van der Waals surface area contributed by atoms with Gasteiger partial charge in [-0.05, 0) is 72.6 Å². The summed E-state index contributed by atoms with van der Waals surface area (Å²) in [5.74, 6) is -0.115. The molecule has 4 rings (SSSR count). The van der Waals surface area contributed by atoms with Crippen LogP contribution >= 0.6 is 0 Å². The molecule has 0 spiro atoms. The summed E-state index contributed by atoms with van der Waals surface area (Å²) >= 11 is 0. The molecule has 1 saturated heterocycles. The molecule has 0 radical (unpaired) electrons. The van der Waals surface area contributed by atoms with Crippen LogP contribution in [0.25, 0.3) is 0 Å². The van der Waals surface area contributed by atoms with E-state index in [9.17, 15) is 18.0 Å². The Labute approximate surface area is 213 Å². The summed E-state index contributed by atoms with van der Waals surface area (Å²) in [6, 6.07) is 13.0. The zero-order valence-corrected chi connectivity index (χ0v) is 22.4. The minimum absolute atomic E-state index is 0.0348. The van der Waals surface area contributed by atoms with Crippen molar-refractivity contribution in [2.45, 2.75) is 51.0 Å². The van der Waals surface area contributed by atoms with E-state index in [0.717, 1.165) is 19.3 Å². The number of amides is 2. The van der Waals surface area contributed by atoms with Gasteiger partial charge in [-0.1, -0.05) is 26.8 Å². The normalized spacial score (nSPS) is 23.2. The Hall–Kier alpha value is -2.91. The molecular formula is C27H35N3O5S. The Bertz CT molecular complexity index is 1260. The second-order valence-electron chi connectivity index (χ2n) is 11.2. The third-order valence-corrected chi connectivity index (χ3v) is 9.05. The Morgan fingerprint density at radius 1 is 1.11 bits per heavy atom. The molecule has 2 bridgehead atoms. The summed E-state index contributed by atoms with van der Waals surface area (Å²) in [6.45, 7) is 6.89. The van der Waals surface area contributed by atoms with E-state index in [1.54, 1.807) is 47.8 Å². The average Bonchev–Trinajstić information content (AvgIpc) is 3.08. The minimum Gasteiger partial charge on any atom is -0.497 e. The number of anilines is 1. The molecule has 1 aliphatic carbocycles. The number of hydrogen-bond donors (Lipinski definition) is 1. The molecular weight excluding hydrogens is 478 g/mol. The van der Waals surface area contributed by atoms with Gasteiger partial charge in [0.2, 0.25) is 15.9 Å². The van der Waals surface area contributed by atoms with Gasteiger partial charge >= 0.3 is 0 Å². The lowest BCUT2D eigenvalue weighted by Crippen LogP contribution is -2.38. The number of ether oxygens (including phenoxy) is 1. The Balaban J connectivity index is 1.46. The van der Waals surface area contributed by atoms with Crippen molar-refractivity contribution in [2.24, 2.45) is 10.8 Å². The van der Waals surface area contributed by atoms with Crippen molar-refractivity contribution in [3.8, 4) is 5.75 Å². The summed E-state index contributed by atoms with van der Waals surface area (Å²) in [5, 5.41) is 2.74. The van der Waals surface area contributed by atoms with Gasteiger partial charge in [-0.2, -0.15) is 4.31 Å². The topological polar surface area (TPSA) is 96.0 Å². The van der Waals surface area contributed by atoms with Crippen molar-refractivity contribution in [1.29, 1.82) is 0 Å². The Kier molecular flexibility index (Phi) is 6.92. The number of carbonyl (C=O) groups excluding carboxylic acids is 2. The highest BCUT2D eigenvalue weighted by atomic mass is 32.2. The molecule has 1 N–H and O–H groups in total. The number of likely N-dealkylation sites (N-methyl/N-ethyl adjacent to an activating group) is 1. The molecule has 0 unspecified atom stereocenters. The highest BCUT2D eigenvalue weighted by molar-refractivity contribution is 7.89. The predicted octanol–water partition coefficient (Wildman–Crippen LogP) is 4.00. The lowest BCUT2D eigenvalue weighted by molar-refractivity contribution is -0.116. The van der Waals surface area contributed by atoms with Crippen molar-refractivity contribution in [1.82, 2.24) is 9.21 Å². The first kappa shape index (κ1) is 26.2. The maximum atomic E-state index is 13.6. The molecule has 36 heavy (non-hydrogen) atoms. The number of sulfonamides is 1. The smallest absolute Gasteiger partial charge is 0.254 e. The molecule has 2 amide bonds. The molecule has 1 aliphatic heterocycles. The van der Waals surface area contributed by atoms with Gasteiger partial charge in [-0.15, -0.1) is 0 Å². The monoisotopic (exact) mass is 513 g/mol. The zero-order valence-electron chi connectivity index (χ0n) is 21.6. The van der Waals surface area contributed by atoms with Crippen LogP contribution in [0.5, 0.6) is 5.75 Å². The fraction of sp³-hybridized carbons (Fsp3) is 0.481. The molecule has 2 fully saturated rings. The summed E-state index contributed by atoms with van der Waals surface area (Å²) in [4.78, 5) is 26.9. The number of rotatable bonds is 7. The van der Waals surface area contributed by atoms with E-state index in [2.05, 4.69) is 26.1 Å². The molecule has 2 atom stereocenters. The van der Waals surface area contributed by atoms with Crippen molar-refractivity contribution in [3.63, 3.8) is 0 Å². The van der Waals surface area contributed by atoms with Crippen molar-refractivity contribution >= 4 is 27.5 Å². The number of carbonyl (C=O) groups is 2. The summed E-state index contributed by atoms with van der Waals surface area (Å²) < 4.78 is 34.0. The van der Waals surface area contributed by atoms with E-state index in [4.69, 9.17) is 4.74 Å². The van der Waals surface area contributed by atoms with Crippen molar-refractivity contribution < 1.29 is 22.7 Å². The highest BCUT2D eigenvalue weighted by Crippen LogP contribution is 2.53. The predicted molar refractivity (Wildman–Crippen MR) is 138 cm³/mol. The number of methoxy groups -OCH3 is 1. The third-order valence-electron chi connectivity index (χ3n) is 7.16. The molecule has 1 heterocycles.